The quantitative estimate of drug-likeness (QED) is 0.884. The maximum Gasteiger partial charge on any atom is 0.242 e. The van der Waals surface area contributed by atoms with Gasteiger partial charge in [-0.1, -0.05) is 24.3 Å². The molecule has 2 fully saturated rings. The Bertz CT molecular complexity index is 507. The molecule has 1 aliphatic carbocycles. The summed E-state index contributed by atoms with van der Waals surface area (Å²) in [6, 6.07) is 8.80. The summed E-state index contributed by atoms with van der Waals surface area (Å²) in [5.74, 6) is 0.624. The predicted molar refractivity (Wildman–Crippen MR) is 75.9 cm³/mol. The fourth-order valence-electron chi connectivity index (χ4n) is 3.22. The van der Waals surface area contributed by atoms with Gasteiger partial charge in [0, 0.05) is 18.5 Å². The minimum atomic E-state index is -0.533. The smallest absolute Gasteiger partial charge is 0.242 e. The van der Waals surface area contributed by atoms with Gasteiger partial charge in [0.25, 0.3) is 0 Å². The molecule has 1 aromatic rings. The van der Waals surface area contributed by atoms with Crippen LogP contribution in [-0.4, -0.2) is 28.9 Å². The van der Waals surface area contributed by atoms with Crippen molar-refractivity contribution in [3.05, 3.63) is 35.4 Å². The summed E-state index contributed by atoms with van der Waals surface area (Å²) < 4.78 is 0. The predicted octanol–water partition coefficient (Wildman–Crippen LogP) is 2.19. The Morgan fingerprint density at radius 3 is 2.68 bits per heavy atom. The third-order valence-electron chi connectivity index (χ3n) is 4.68. The Labute approximate surface area is 114 Å². The van der Waals surface area contributed by atoms with E-state index in [1.165, 1.54) is 11.1 Å². The number of carbonyl (C=O) groups excluding carboxylic acids is 1. The largest absolute Gasteiger partial charge is 0.338 e. The highest BCUT2D eigenvalue weighted by Gasteiger charge is 2.50. The molecule has 3 nitrogen and oxygen atoms in total. The highest BCUT2D eigenvalue weighted by molar-refractivity contribution is 5.89. The molecule has 3 rings (SSSR count). The normalized spacial score (nSPS) is 28.5. The molecule has 19 heavy (non-hydrogen) atoms. The Balaban J connectivity index is 1.78. The average Bonchev–Trinajstić information content (AvgIpc) is 3.02. The lowest BCUT2D eigenvalue weighted by Gasteiger charge is -2.24. The van der Waals surface area contributed by atoms with Crippen LogP contribution < -0.4 is 5.73 Å². The van der Waals surface area contributed by atoms with Gasteiger partial charge in [0.15, 0.2) is 0 Å². The van der Waals surface area contributed by atoms with Crippen molar-refractivity contribution >= 4 is 5.91 Å². The Morgan fingerprint density at radius 1 is 1.37 bits per heavy atom. The number of nitrogens with two attached hydrogens (primary N) is 1. The number of hydrogen-bond acceptors (Lipinski definition) is 2. The van der Waals surface area contributed by atoms with Gasteiger partial charge in [0.1, 0.15) is 0 Å². The van der Waals surface area contributed by atoms with Crippen LogP contribution >= 0.6 is 0 Å². The second kappa shape index (κ2) is 4.34. The third kappa shape index (κ3) is 2.16. The monoisotopic (exact) mass is 258 g/mol. The van der Waals surface area contributed by atoms with E-state index >= 15 is 0 Å². The zero-order chi connectivity index (χ0) is 13.6. The summed E-state index contributed by atoms with van der Waals surface area (Å²) in [4.78, 5) is 14.4. The van der Waals surface area contributed by atoms with E-state index in [-0.39, 0.29) is 5.91 Å². The summed E-state index contributed by atoms with van der Waals surface area (Å²) in [6.45, 7) is 5.11. The van der Waals surface area contributed by atoms with Crippen molar-refractivity contribution in [3.8, 4) is 0 Å². The number of amides is 1. The minimum absolute atomic E-state index is 0.163. The summed E-state index contributed by atoms with van der Waals surface area (Å²) in [5, 5.41) is 0. The number of aryl methyl sites for hydroxylation is 1. The number of hydrogen-bond donors (Lipinski definition) is 1. The van der Waals surface area contributed by atoms with Gasteiger partial charge in [-0.2, -0.15) is 0 Å². The molecule has 0 radical (unpaired) electrons. The molecule has 1 amide bonds. The van der Waals surface area contributed by atoms with E-state index in [2.05, 4.69) is 38.1 Å². The standard InChI is InChI=1S/C16H22N2O/c1-11-5-3-4-6-14(11)13-9-12(2)18(10-13)15(19)16(17)7-8-16/h3-6,12-13H,7-10,17H2,1-2H3/t12-,13-/m1/s1. The first-order valence-corrected chi connectivity index (χ1v) is 7.17. The van der Waals surface area contributed by atoms with Gasteiger partial charge in [-0.15, -0.1) is 0 Å². The maximum absolute atomic E-state index is 12.4. The van der Waals surface area contributed by atoms with Crippen LogP contribution in [0.5, 0.6) is 0 Å². The molecule has 0 spiro atoms. The summed E-state index contributed by atoms with van der Waals surface area (Å²) in [6.07, 6.45) is 2.75. The van der Waals surface area contributed by atoms with Gasteiger partial charge >= 0.3 is 0 Å². The van der Waals surface area contributed by atoms with Gasteiger partial charge in [0.05, 0.1) is 5.54 Å². The average molecular weight is 258 g/mol. The molecule has 1 aliphatic heterocycles. The lowest BCUT2D eigenvalue weighted by Crippen LogP contribution is -2.47. The second-order valence-corrected chi connectivity index (χ2v) is 6.25. The fraction of sp³-hybridized carbons (Fsp3) is 0.562. The molecular weight excluding hydrogens is 236 g/mol. The van der Waals surface area contributed by atoms with E-state index in [0.717, 1.165) is 25.8 Å². The molecule has 2 N–H and O–H groups in total. The highest BCUT2D eigenvalue weighted by Crippen LogP contribution is 2.39. The first-order valence-electron chi connectivity index (χ1n) is 7.17. The molecule has 0 unspecified atom stereocenters. The van der Waals surface area contributed by atoms with Crippen LogP contribution in [0.15, 0.2) is 24.3 Å². The first kappa shape index (κ1) is 12.7. The van der Waals surface area contributed by atoms with Gasteiger partial charge in [-0.25, -0.2) is 0 Å². The van der Waals surface area contributed by atoms with Gasteiger partial charge in [-0.3, -0.25) is 4.79 Å². The molecule has 1 saturated carbocycles. The third-order valence-corrected chi connectivity index (χ3v) is 4.68. The van der Waals surface area contributed by atoms with Gasteiger partial charge < -0.3 is 10.6 Å². The molecule has 2 atom stereocenters. The Kier molecular flexibility index (Phi) is 2.90. The van der Waals surface area contributed by atoms with Crippen LogP contribution in [0.4, 0.5) is 0 Å². The zero-order valence-electron chi connectivity index (χ0n) is 11.7. The van der Waals surface area contributed by atoms with Crippen LogP contribution in [0.3, 0.4) is 0 Å². The maximum atomic E-state index is 12.4. The molecule has 2 aliphatic rings. The van der Waals surface area contributed by atoms with Crippen LogP contribution in [-0.2, 0) is 4.79 Å². The van der Waals surface area contributed by atoms with Crippen LogP contribution in [0.25, 0.3) is 0 Å². The van der Waals surface area contributed by atoms with E-state index in [0.29, 0.717) is 12.0 Å². The molecule has 102 valence electrons. The van der Waals surface area contributed by atoms with Crippen LogP contribution in [0.1, 0.15) is 43.2 Å². The lowest BCUT2D eigenvalue weighted by atomic mass is 9.93. The van der Waals surface area contributed by atoms with E-state index in [4.69, 9.17) is 5.73 Å². The number of carbonyl (C=O) groups is 1. The van der Waals surface area contributed by atoms with Crippen LogP contribution in [0.2, 0.25) is 0 Å². The van der Waals surface area contributed by atoms with E-state index in [1.54, 1.807) is 0 Å². The second-order valence-electron chi connectivity index (χ2n) is 6.25. The zero-order valence-corrected chi connectivity index (χ0v) is 11.7. The number of likely N-dealkylation sites (tertiary alicyclic amines) is 1. The van der Waals surface area contributed by atoms with Crippen molar-refractivity contribution in [2.45, 2.75) is 50.6 Å². The topological polar surface area (TPSA) is 46.3 Å². The SMILES string of the molecule is Cc1ccccc1[C@@H]1C[C@@H](C)N(C(=O)C2(N)CC2)C1. The first-order chi connectivity index (χ1) is 9.01. The minimum Gasteiger partial charge on any atom is -0.338 e. The number of rotatable bonds is 2. The van der Waals surface area contributed by atoms with Crippen molar-refractivity contribution in [1.29, 1.82) is 0 Å². The van der Waals surface area contributed by atoms with Crippen molar-refractivity contribution in [2.75, 3.05) is 6.54 Å². The number of nitrogens with zero attached hydrogens (tertiary/aromatic N) is 1. The number of benzene rings is 1. The van der Waals surface area contributed by atoms with E-state index in [1.807, 2.05) is 4.90 Å². The molecule has 1 saturated heterocycles. The Hall–Kier alpha value is -1.35. The highest BCUT2D eigenvalue weighted by atomic mass is 16.2. The van der Waals surface area contributed by atoms with Crippen molar-refractivity contribution in [2.24, 2.45) is 5.73 Å². The summed E-state index contributed by atoms with van der Waals surface area (Å²) >= 11 is 0. The summed E-state index contributed by atoms with van der Waals surface area (Å²) in [5.41, 5.74) is 8.23. The van der Waals surface area contributed by atoms with Crippen molar-refractivity contribution < 1.29 is 4.79 Å². The molecule has 1 aromatic carbocycles. The molecular formula is C16H22N2O. The molecule has 3 heteroatoms. The van der Waals surface area contributed by atoms with Gasteiger partial charge in [0.2, 0.25) is 5.91 Å². The van der Waals surface area contributed by atoms with E-state index in [9.17, 15) is 4.79 Å². The molecule has 1 heterocycles. The van der Waals surface area contributed by atoms with Crippen LogP contribution in [0, 0.1) is 6.92 Å². The summed E-state index contributed by atoms with van der Waals surface area (Å²) in [7, 11) is 0. The fourth-order valence-corrected chi connectivity index (χ4v) is 3.22. The lowest BCUT2D eigenvalue weighted by molar-refractivity contribution is -0.134. The molecule has 0 aromatic heterocycles. The van der Waals surface area contributed by atoms with Crippen molar-refractivity contribution in [3.63, 3.8) is 0 Å². The van der Waals surface area contributed by atoms with Crippen molar-refractivity contribution in [1.82, 2.24) is 4.90 Å². The van der Waals surface area contributed by atoms with E-state index < -0.39 is 5.54 Å². The van der Waals surface area contributed by atoms with Gasteiger partial charge in [-0.05, 0) is 44.2 Å². The molecule has 0 bridgehead atoms. The Morgan fingerprint density at radius 2 is 2.05 bits per heavy atom.